The normalized spacial score (nSPS) is 18.9. The number of aromatic nitrogens is 4. The number of β-lactam (4-membered cyclic amide) rings is 1. The molecule has 0 saturated carbocycles. The summed E-state index contributed by atoms with van der Waals surface area (Å²) in [5.74, 6) is -3.68. The Hall–Kier alpha value is -4.01. The Morgan fingerprint density at radius 1 is 1.27 bits per heavy atom. The Balaban J connectivity index is 1.31. The van der Waals surface area contributed by atoms with Gasteiger partial charge in [-0.2, -0.15) is 4.98 Å². The molecule has 0 unspecified atom stereocenters. The molecule has 5 N–H and O–H groups in total. The van der Waals surface area contributed by atoms with E-state index in [1.807, 2.05) is 0 Å². The molecular weight excluding hydrogens is 609 g/mol. The molecule has 5 rings (SSSR count). The van der Waals surface area contributed by atoms with Crippen LogP contribution in [0, 0.1) is 0 Å². The Labute approximate surface area is 238 Å². The number of thiazole rings is 1. The van der Waals surface area contributed by atoms with Crippen LogP contribution in [0.1, 0.15) is 16.1 Å². The number of nitrogens with two attached hydrogens (primary N) is 1. The van der Waals surface area contributed by atoms with Gasteiger partial charge in [-0.25, -0.2) is 19.1 Å². The van der Waals surface area contributed by atoms with Gasteiger partial charge in [0, 0.05) is 16.9 Å². The van der Waals surface area contributed by atoms with Crippen LogP contribution in [-0.4, -0.2) is 94.2 Å². The van der Waals surface area contributed by atoms with E-state index >= 15 is 0 Å². The van der Waals surface area contributed by atoms with Crippen LogP contribution in [0.25, 0.3) is 4.96 Å². The molecular formula is C20H16N8O8S4. The fourth-order valence-electron chi connectivity index (χ4n) is 3.81. The number of oxime groups is 1. The Kier molecular flexibility index (Phi) is 7.49. The maximum absolute atomic E-state index is 13.0. The van der Waals surface area contributed by atoms with Crippen molar-refractivity contribution in [2.45, 2.75) is 15.8 Å². The largest absolute Gasteiger partial charge is 0.477 e. The zero-order valence-corrected chi connectivity index (χ0v) is 23.2. The van der Waals surface area contributed by atoms with Gasteiger partial charge in [-0.1, -0.05) is 28.3 Å². The molecule has 40 heavy (non-hydrogen) atoms. The minimum atomic E-state index is -1.43. The van der Waals surface area contributed by atoms with Gasteiger partial charge in [-0.05, 0) is 5.57 Å². The van der Waals surface area contributed by atoms with E-state index in [9.17, 15) is 29.1 Å². The van der Waals surface area contributed by atoms with E-state index in [1.165, 1.54) is 28.8 Å². The van der Waals surface area contributed by atoms with E-state index in [1.54, 1.807) is 0 Å². The Morgan fingerprint density at radius 2 is 2.05 bits per heavy atom. The van der Waals surface area contributed by atoms with Crippen molar-refractivity contribution in [2.24, 2.45) is 5.16 Å². The van der Waals surface area contributed by atoms with Crippen molar-refractivity contribution in [1.82, 2.24) is 29.8 Å². The zero-order valence-electron chi connectivity index (χ0n) is 20.0. The number of carbonyl (C=O) groups excluding carboxylic acids is 2. The Bertz CT molecular complexity index is 1690. The van der Waals surface area contributed by atoms with Gasteiger partial charge in [0.2, 0.25) is 4.96 Å². The maximum atomic E-state index is 13.0. The summed E-state index contributed by atoms with van der Waals surface area (Å²) >= 11 is 4.56. The number of amides is 2. The third-order valence-electron chi connectivity index (χ3n) is 5.54. The number of carbonyl (C=O) groups is 4. The summed E-state index contributed by atoms with van der Waals surface area (Å²) in [6.07, 6.45) is 1.07. The third-order valence-corrected chi connectivity index (χ3v) is 9.70. The molecule has 0 bridgehead atoms. The van der Waals surface area contributed by atoms with Crippen LogP contribution < -0.4 is 16.6 Å². The van der Waals surface area contributed by atoms with Crippen LogP contribution in [0.3, 0.4) is 0 Å². The van der Waals surface area contributed by atoms with Gasteiger partial charge in [0.25, 0.3) is 17.4 Å². The topological polar surface area (TPSA) is 232 Å². The zero-order chi connectivity index (χ0) is 28.7. The number of aliphatic carboxylic acids is 1. The van der Waals surface area contributed by atoms with Gasteiger partial charge in [-0.15, -0.1) is 28.2 Å². The SMILES string of the molecule is CON=C(C(=O)N[C@@H]1C(=O)N2C(C(=O)O)=C(CSc3nn4cc(C(=O)O)c(=O)nc4s3)CS[C@H]12)c1csc(N)n1. The van der Waals surface area contributed by atoms with Crippen LogP contribution in [0.5, 0.6) is 0 Å². The number of nitrogen functional groups attached to an aromatic ring is 1. The first kappa shape index (κ1) is 27.6. The fraction of sp³-hybridized carbons (Fsp3) is 0.250. The maximum Gasteiger partial charge on any atom is 0.352 e. The number of rotatable bonds is 9. The molecule has 3 aromatic heterocycles. The van der Waals surface area contributed by atoms with Crippen molar-refractivity contribution in [3.63, 3.8) is 0 Å². The number of fused-ring (bicyclic) bond motifs is 2. The molecule has 0 radical (unpaired) electrons. The second-order valence-corrected chi connectivity index (χ2v) is 12.1. The lowest BCUT2D eigenvalue weighted by Crippen LogP contribution is -2.71. The van der Waals surface area contributed by atoms with Gasteiger partial charge in [0.1, 0.15) is 35.5 Å². The summed E-state index contributed by atoms with van der Waals surface area (Å²) in [4.78, 5) is 74.9. The third kappa shape index (κ3) is 5.00. The van der Waals surface area contributed by atoms with Crippen LogP contribution in [0.4, 0.5) is 5.13 Å². The molecule has 2 amide bonds. The number of aromatic carboxylic acids is 1. The molecule has 1 fully saturated rings. The summed E-state index contributed by atoms with van der Waals surface area (Å²) in [5.41, 5.74) is 4.45. The molecule has 0 spiro atoms. The van der Waals surface area contributed by atoms with Gasteiger partial charge >= 0.3 is 11.9 Å². The number of thioether (sulfide) groups is 2. The highest BCUT2D eigenvalue weighted by Gasteiger charge is 2.54. The van der Waals surface area contributed by atoms with Crippen molar-refractivity contribution < 1.29 is 34.2 Å². The highest BCUT2D eigenvalue weighted by Crippen LogP contribution is 2.42. The molecule has 2 atom stereocenters. The predicted octanol–water partition coefficient (Wildman–Crippen LogP) is -0.231. The molecule has 16 nitrogen and oxygen atoms in total. The number of hydrogen-bond donors (Lipinski definition) is 4. The molecule has 0 aliphatic carbocycles. The molecule has 5 heterocycles. The smallest absolute Gasteiger partial charge is 0.352 e. The molecule has 2 aliphatic heterocycles. The van der Waals surface area contributed by atoms with E-state index in [0.717, 1.165) is 45.5 Å². The summed E-state index contributed by atoms with van der Waals surface area (Å²) in [5, 5.41) is 30.6. The second kappa shape index (κ2) is 10.9. The summed E-state index contributed by atoms with van der Waals surface area (Å²) < 4.78 is 1.58. The molecule has 0 aromatic carbocycles. The summed E-state index contributed by atoms with van der Waals surface area (Å²) in [6.45, 7) is 0. The summed E-state index contributed by atoms with van der Waals surface area (Å²) in [6, 6.07) is -1.00. The highest BCUT2D eigenvalue weighted by molar-refractivity contribution is 8.02. The molecule has 3 aromatic rings. The number of carboxylic acids is 2. The van der Waals surface area contributed by atoms with E-state index < -0.39 is 46.3 Å². The first-order valence-corrected chi connectivity index (χ1v) is 14.6. The van der Waals surface area contributed by atoms with Crippen LogP contribution in [0.2, 0.25) is 0 Å². The van der Waals surface area contributed by atoms with E-state index in [2.05, 4.69) is 25.5 Å². The van der Waals surface area contributed by atoms with Gasteiger partial charge in [-0.3, -0.25) is 19.3 Å². The number of anilines is 1. The van der Waals surface area contributed by atoms with Crippen LogP contribution in [0.15, 0.2) is 37.1 Å². The summed E-state index contributed by atoms with van der Waals surface area (Å²) in [7, 11) is 1.25. The first-order valence-electron chi connectivity index (χ1n) is 10.9. The van der Waals surface area contributed by atoms with E-state index in [0.29, 0.717) is 9.91 Å². The van der Waals surface area contributed by atoms with Gasteiger partial charge < -0.3 is 26.1 Å². The molecule has 20 heteroatoms. The fourth-order valence-corrected chi connectivity index (χ4v) is 7.75. The predicted molar refractivity (Wildman–Crippen MR) is 145 cm³/mol. The highest BCUT2D eigenvalue weighted by atomic mass is 32.2. The molecule has 1 saturated heterocycles. The second-order valence-electron chi connectivity index (χ2n) is 7.96. The lowest BCUT2D eigenvalue weighted by molar-refractivity contribution is -0.150. The lowest BCUT2D eigenvalue weighted by Gasteiger charge is -2.49. The van der Waals surface area contributed by atoms with Crippen molar-refractivity contribution in [3.05, 3.63) is 44.5 Å². The van der Waals surface area contributed by atoms with Crippen molar-refractivity contribution in [3.8, 4) is 0 Å². The van der Waals surface area contributed by atoms with E-state index in [-0.39, 0.29) is 38.7 Å². The number of hydrogen-bond acceptors (Lipinski definition) is 15. The van der Waals surface area contributed by atoms with Crippen LogP contribution in [-0.2, 0) is 19.2 Å². The number of nitrogens with one attached hydrogen (secondary N) is 1. The number of carboxylic acid groups (broad SMARTS) is 2. The molecule has 2 aliphatic rings. The minimum Gasteiger partial charge on any atom is -0.477 e. The quantitative estimate of drug-likeness (QED) is 0.104. The number of nitrogens with zero attached hydrogens (tertiary/aromatic N) is 6. The van der Waals surface area contributed by atoms with E-state index in [4.69, 9.17) is 15.7 Å². The average molecular weight is 625 g/mol. The molecule has 208 valence electrons. The average Bonchev–Trinajstić information content (AvgIpc) is 3.52. The van der Waals surface area contributed by atoms with Crippen molar-refractivity contribution >= 4 is 85.8 Å². The van der Waals surface area contributed by atoms with Gasteiger partial charge in [0.05, 0.1) is 6.20 Å². The lowest BCUT2D eigenvalue weighted by atomic mass is 10.0. The van der Waals surface area contributed by atoms with Crippen molar-refractivity contribution in [2.75, 3.05) is 24.3 Å². The Morgan fingerprint density at radius 3 is 2.70 bits per heavy atom. The monoisotopic (exact) mass is 624 g/mol. The first-order chi connectivity index (χ1) is 19.1. The van der Waals surface area contributed by atoms with Crippen LogP contribution >= 0.6 is 46.2 Å². The van der Waals surface area contributed by atoms with Crippen molar-refractivity contribution in [1.29, 1.82) is 0 Å². The standard InChI is InChI=1S/C20H16N8O8S4/c1-36-26-9(8-5-38-18(21)22-8)13(30)23-10-14(31)28-11(17(34)35)6(3-37-15(10)28)4-39-20-25-27-2-7(16(32)33)12(29)24-19(27)40-20/h2,5,10,15H,3-4H2,1H3,(H2,21,22)(H,23,30)(H,32,33)(H,34,35)/t10-,15-/m1/s1. The van der Waals surface area contributed by atoms with Gasteiger partial charge in [0.15, 0.2) is 15.2 Å². The minimum absolute atomic E-state index is 0.147.